The van der Waals surface area contributed by atoms with E-state index in [4.69, 9.17) is 0 Å². The Morgan fingerprint density at radius 1 is 1.09 bits per heavy atom. The molecule has 2 fully saturated rings. The fourth-order valence-corrected chi connectivity index (χ4v) is 6.68. The van der Waals surface area contributed by atoms with Gasteiger partial charge in [0.2, 0.25) is 21.8 Å². The maximum atomic E-state index is 13.2. The Morgan fingerprint density at radius 2 is 1.82 bits per heavy atom. The summed E-state index contributed by atoms with van der Waals surface area (Å²) in [4.78, 5) is 27.4. The Labute approximate surface area is 202 Å². The number of sulfonamides is 1. The molecule has 2 amide bonds. The molecule has 0 aromatic heterocycles. The van der Waals surface area contributed by atoms with Crippen LogP contribution in [0, 0.1) is 19.8 Å². The number of piperidine rings is 1. The number of nitrogens with one attached hydrogen (secondary N) is 1. The van der Waals surface area contributed by atoms with Crippen molar-refractivity contribution in [2.45, 2.75) is 63.8 Å². The Balaban J connectivity index is 1.43. The van der Waals surface area contributed by atoms with Crippen LogP contribution in [0.4, 0.5) is 11.4 Å². The van der Waals surface area contributed by atoms with E-state index < -0.39 is 15.9 Å². The van der Waals surface area contributed by atoms with Crippen molar-refractivity contribution in [1.82, 2.24) is 4.31 Å². The zero-order valence-corrected chi connectivity index (χ0v) is 20.9. The van der Waals surface area contributed by atoms with E-state index in [9.17, 15) is 18.0 Å². The maximum Gasteiger partial charge on any atom is 0.243 e. The fraction of sp³-hybridized carbons (Fsp3) is 0.462. The Bertz CT molecular complexity index is 1180. The van der Waals surface area contributed by atoms with Gasteiger partial charge in [0.25, 0.3) is 0 Å². The summed E-state index contributed by atoms with van der Waals surface area (Å²) < 4.78 is 27.9. The molecule has 2 atom stereocenters. The molecule has 0 spiro atoms. The number of hydrogen-bond acceptors (Lipinski definition) is 4. The molecular weight excluding hydrogens is 450 g/mol. The van der Waals surface area contributed by atoms with Crippen molar-refractivity contribution in [2.75, 3.05) is 23.3 Å². The van der Waals surface area contributed by atoms with Gasteiger partial charge in [-0.05, 0) is 74.6 Å². The quantitative estimate of drug-likeness (QED) is 0.666. The molecule has 2 unspecified atom stereocenters. The second kappa shape index (κ2) is 9.88. The van der Waals surface area contributed by atoms with E-state index in [1.165, 1.54) is 0 Å². The van der Waals surface area contributed by atoms with E-state index in [1.54, 1.807) is 33.5 Å². The summed E-state index contributed by atoms with van der Waals surface area (Å²) in [5, 5.41) is 2.85. The third-order valence-electron chi connectivity index (χ3n) is 6.92. The van der Waals surface area contributed by atoms with E-state index in [0.29, 0.717) is 18.8 Å². The lowest BCUT2D eigenvalue weighted by molar-refractivity contribution is -0.122. The molecule has 0 bridgehead atoms. The third-order valence-corrected chi connectivity index (χ3v) is 8.89. The van der Waals surface area contributed by atoms with E-state index in [1.807, 2.05) is 39.0 Å². The average Bonchev–Trinajstić information content (AvgIpc) is 3.22. The van der Waals surface area contributed by atoms with Crippen LogP contribution >= 0.6 is 0 Å². The average molecular weight is 484 g/mol. The number of rotatable bonds is 6. The van der Waals surface area contributed by atoms with Crippen molar-refractivity contribution >= 4 is 33.2 Å². The molecule has 2 saturated heterocycles. The van der Waals surface area contributed by atoms with Crippen LogP contribution in [0.3, 0.4) is 0 Å². The van der Waals surface area contributed by atoms with E-state index in [2.05, 4.69) is 5.32 Å². The third kappa shape index (κ3) is 4.88. The van der Waals surface area contributed by atoms with E-state index in [0.717, 1.165) is 42.5 Å². The summed E-state index contributed by atoms with van der Waals surface area (Å²) in [7, 11) is -3.57. The van der Waals surface area contributed by atoms with Crippen LogP contribution in [0.25, 0.3) is 0 Å². The molecule has 7 nitrogen and oxygen atoms in total. The smallest absolute Gasteiger partial charge is 0.243 e. The molecule has 0 radical (unpaired) electrons. The predicted octanol–water partition coefficient (Wildman–Crippen LogP) is 4.25. The minimum Gasteiger partial charge on any atom is -0.326 e. The van der Waals surface area contributed by atoms with Crippen molar-refractivity contribution in [3.05, 3.63) is 53.6 Å². The predicted molar refractivity (Wildman–Crippen MR) is 133 cm³/mol. The van der Waals surface area contributed by atoms with Crippen LogP contribution in [0.2, 0.25) is 0 Å². The molecule has 2 heterocycles. The van der Waals surface area contributed by atoms with Crippen LogP contribution < -0.4 is 10.2 Å². The van der Waals surface area contributed by atoms with Crippen molar-refractivity contribution in [2.24, 2.45) is 5.92 Å². The Hall–Kier alpha value is -2.71. The van der Waals surface area contributed by atoms with Crippen molar-refractivity contribution in [1.29, 1.82) is 0 Å². The highest BCUT2D eigenvalue weighted by molar-refractivity contribution is 7.89. The molecule has 2 aliphatic heterocycles. The van der Waals surface area contributed by atoms with Gasteiger partial charge in [-0.1, -0.05) is 25.5 Å². The summed E-state index contributed by atoms with van der Waals surface area (Å²) in [6.45, 7) is 6.83. The second-order valence-electron chi connectivity index (χ2n) is 9.38. The Morgan fingerprint density at radius 3 is 2.53 bits per heavy atom. The number of aryl methyl sites for hydroxylation is 2. The molecule has 1 N–H and O–H groups in total. The number of anilines is 2. The van der Waals surface area contributed by atoms with Crippen LogP contribution in [0.1, 0.15) is 50.2 Å². The molecule has 182 valence electrons. The molecule has 2 aliphatic rings. The number of benzene rings is 2. The van der Waals surface area contributed by atoms with Crippen molar-refractivity contribution < 1.29 is 18.0 Å². The number of amides is 2. The lowest BCUT2D eigenvalue weighted by atomic mass is 10.0. The zero-order valence-electron chi connectivity index (χ0n) is 20.1. The first kappa shape index (κ1) is 24.4. The van der Waals surface area contributed by atoms with Gasteiger partial charge in [0, 0.05) is 36.9 Å². The first-order valence-corrected chi connectivity index (χ1v) is 13.4. The van der Waals surface area contributed by atoms with Gasteiger partial charge in [-0.15, -0.1) is 0 Å². The zero-order chi connectivity index (χ0) is 24.5. The largest absolute Gasteiger partial charge is 0.326 e. The van der Waals surface area contributed by atoms with Gasteiger partial charge < -0.3 is 10.2 Å². The molecule has 34 heavy (non-hydrogen) atoms. The van der Waals surface area contributed by atoms with Gasteiger partial charge in [-0.3, -0.25) is 9.59 Å². The van der Waals surface area contributed by atoms with Crippen LogP contribution in [-0.2, 0) is 19.6 Å². The van der Waals surface area contributed by atoms with Crippen molar-refractivity contribution in [3.8, 4) is 0 Å². The van der Waals surface area contributed by atoms with E-state index in [-0.39, 0.29) is 29.2 Å². The molecule has 8 heteroatoms. The van der Waals surface area contributed by atoms with Crippen LogP contribution in [0.15, 0.2) is 47.4 Å². The fourth-order valence-electron chi connectivity index (χ4n) is 4.91. The normalized spacial score (nSPS) is 21.6. The standard InChI is InChI=1S/C26H33N3O4S/c1-4-22-7-5-6-14-29(22)34(32,33)23-12-10-21(11-13-23)27-26(31)20-16-25(30)28(17-20)24-15-18(2)8-9-19(24)3/h8-13,15,20,22H,4-7,14,16-17H2,1-3H3,(H,27,31). The van der Waals surface area contributed by atoms with Gasteiger partial charge in [-0.2, -0.15) is 4.31 Å². The first-order valence-electron chi connectivity index (χ1n) is 12.0. The van der Waals surface area contributed by atoms with Crippen molar-refractivity contribution in [3.63, 3.8) is 0 Å². The van der Waals surface area contributed by atoms with Gasteiger partial charge in [0.05, 0.1) is 10.8 Å². The summed E-state index contributed by atoms with van der Waals surface area (Å²) >= 11 is 0. The van der Waals surface area contributed by atoms with Gasteiger partial charge >= 0.3 is 0 Å². The lowest BCUT2D eigenvalue weighted by Gasteiger charge is -2.34. The number of carbonyl (C=O) groups excluding carboxylic acids is 2. The number of nitrogens with zero attached hydrogens (tertiary/aromatic N) is 2. The summed E-state index contributed by atoms with van der Waals surface area (Å²) in [5.41, 5.74) is 3.42. The molecule has 0 saturated carbocycles. The topological polar surface area (TPSA) is 86.8 Å². The van der Waals surface area contributed by atoms with Crippen LogP contribution in [-0.4, -0.2) is 43.7 Å². The van der Waals surface area contributed by atoms with Crippen LogP contribution in [0.5, 0.6) is 0 Å². The minimum atomic E-state index is -3.57. The first-order chi connectivity index (χ1) is 16.2. The summed E-state index contributed by atoms with van der Waals surface area (Å²) in [6, 6.07) is 12.3. The molecule has 0 aliphatic carbocycles. The second-order valence-corrected chi connectivity index (χ2v) is 11.3. The molecule has 2 aromatic carbocycles. The summed E-state index contributed by atoms with van der Waals surface area (Å²) in [6.07, 6.45) is 3.78. The molecular formula is C26H33N3O4S. The lowest BCUT2D eigenvalue weighted by Crippen LogP contribution is -2.43. The SMILES string of the molecule is CCC1CCCCN1S(=O)(=O)c1ccc(NC(=O)C2CC(=O)N(c3cc(C)ccc3C)C2)cc1. The van der Waals surface area contributed by atoms with E-state index >= 15 is 0 Å². The van der Waals surface area contributed by atoms with Gasteiger partial charge in [0.1, 0.15) is 0 Å². The molecule has 2 aromatic rings. The minimum absolute atomic E-state index is 0.0398. The Kier molecular flexibility index (Phi) is 7.09. The highest BCUT2D eigenvalue weighted by Crippen LogP contribution is 2.30. The van der Waals surface area contributed by atoms with Gasteiger partial charge in [-0.25, -0.2) is 8.42 Å². The summed E-state index contributed by atoms with van der Waals surface area (Å²) in [5.74, 6) is -0.768. The highest BCUT2D eigenvalue weighted by Gasteiger charge is 2.36. The highest BCUT2D eigenvalue weighted by atomic mass is 32.2. The maximum absolute atomic E-state index is 13.2. The molecule has 4 rings (SSSR count). The number of carbonyl (C=O) groups is 2. The number of hydrogen-bond donors (Lipinski definition) is 1. The van der Waals surface area contributed by atoms with Gasteiger partial charge in [0.15, 0.2) is 0 Å². The monoisotopic (exact) mass is 483 g/mol.